The Morgan fingerprint density at radius 2 is 1.85 bits per heavy atom. The van der Waals surface area contributed by atoms with E-state index < -0.39 is 0 Å². The Hall–Kier alpha value is -0.850. The fraction of sp³-hybridized carbons (Fsp3) is 0.583. The first-order chi connectivity index (χ1) is 5.81. The maximum atomic E-state index is 7.46. The Bertz CT molecular complexity index is 244. The molecule has 0 radical (unpaired) electrons. The first-order valence-electron chi connectivity index (χ1n) is 4.68. The van der Waals surface area contributed by atoms with Crippen molar-refractivity contribution in [1.29, 1.82) is 5.41 Å². The topological polar surface area (TPSA) is 23.9 Å². The van der Waals surface area contributed by atoms with Crippen molar-refractivity contribution in [3.63, 3.8) is 0 Å². The van der Waals surface area contributed by atoms with Crippen LogP contribution in [0.25, 0.3) is 0 Å². The van der Waals surface area contributed by atoms with Gasteiger partial charge in [0.2, 0.25) is 0 Å². The molecule has 0 aliphatic heterocycles. The molecule has 0 fully saturated rings. The van der Waals surface area contributed by atoms with Crippen LogP contribution in [-0.2, 0) is 0 Å². The molecular formula is C12H21N. The lowest BCUT2D eigenvalue weighted by Gasteiger charge is -2.26. The van der Waals surface area contributed by atoms with Crippen LogP contribution < -0.4 is 0 Å². The van der Waals surface area contributed by atoms with Gasteiger partial charge in [0, 0.05) is 5.71 Å². The highest BCUT2D eigenvalue weighted by molar-refractivity contribution is 5.95. The lowest BCUT2D eigenvalue weighted by atomic mass is 9.79. The minimum absolute atomic E-state index is 0.133. The molecule has 0 bridgehead atoms. The second kappa shape index (κ2) is 4.40. The second-order valence-electron chi connectivity index (χ2n) is 4.26. The number of allylic oxidation sites excluding steroid dienone is 3. The highest BCUT2D eigenvalue weighted by atomic mass is 14.4. The van der Waals surface area contributed by atoms with Crippen LogP contribution in [0, 0.1) is 10.8 Å². The quantitative estimate of drug-likeness (QED) is 0.499. The zero-order chi connectivity index (χ0) is 10.6. The minimum atomic E-state index is 0.133. The van der Waals surface area contributed by atoms with E-state index in [0.717, 1.165) is 12.0 Å². The van der Waals surface area contributed by atoms with Gasteiger partial charge in [-0.15, -0.1) is 0 Å². The molecule has 1 nitrogen and oxygen atoms in total. The molecule has 0 spiro atoms. The van der Waals surface area contributed by atoms with E-state index in [1.165, 1.54) is 5.57 Å². The first kappa shape index (κ1) is 12.2. The molecule has 0 aliphatic rings. The van der Waals surface area contributed by atoms with Gasteiger partial charge < -0.3 is 5.41 Å². The number of hydrogen-bond acceptors (Lipinski definition) is 1. The van der Waals surface area contributed by atoms with Gasteiger partial charge in [-0.2, -0.15) is 0 Å². The molecule has 0 atom stereocenters. The molecule has 1 N–H and O–H groups in total. The Kier molecular flexibility index (Phi) is 4.12. The van der Waals surface area contributed by atoms with Crippen LogP contribution in [0.2, 0.25) is 0 Å². The standard InChI is InChI=1S/C12H21N/c1-7-10(3)12(5,6)8-9(2)11(4)13/h7,13H,2,8H2,1,3-6H3/b10-7+,13-11?. The SMILES string of the molecule is C=C(CC(C)(C)/C(C)=C/C)C(C)=N. The molecule has 1 heteroatoms. The zero-order valence-electron chi connectivity index (χ0n) is 9.49. The molecule has 0 aromatic carbocycles. The van der Waals surface area contributed by atoms with Gasteiger partial charge in [-0.1, -0.05) is 32.1 Å². The molecule has 0 rings (SSSR count). The fourth-order valence-electron chi connectivity index (χ4n) is 1.20. The van der Waals surface area contributed by atoms with Crippen molar-refractivity contribution in [2.75, 3.05) is 0 Å². The zero-order valence-corrected chi connectivity index (χ0v) is 9.49. The minimum Gasteiger partial charge on any atom is -0.305 e. The van der Waals surface area contributed by atoms with E-state index >= 15 is 0 Å². The van der Waals surface area contributed by atoms with E-state index in [9.17, 15) is 0 Å². The van der Waals surface area contributed by atoms with Crippen LogP contribution in [0.5, 0.6) is 0 Å². The molecule has 0 aromatic rings. The van der Waals surface area contributed by atoms with Crippen LogP contribution in [0.3, 0.4) is 0 Å². The van der Waals surface area contributed by atoms with Gasteiger partial charge in [-0.3, -0.25) is 0 Å². The Morgan fingerprint density at radius 1 is 1.38 bits per heavy atom. The second-order valence-corrected chi connectivity index (χ2v) is 4.26. The largest absolute Gasteiger partial charge is 0.305 e. The van der Waals surface area contributed by atoms with E-state index in [1.54, 1.807) is 6.92 Å². The third-order valence-corrected chi connectivity index (χ3v) is 2.69. The Balaban J connectivity index is 4.52. The van der Waals surface area contributed by atoms with Crippen LogP contribution in [-0.4, -0.2) is 5.71 Å². The fourth-order valence-corrected chi connectivity index (χ4v) is 1.20. The van der Waals surface area contributed by atoms with Crippen LogP contribution >= 0.6 is 0 Å². The lowest BCUT2D eigenvalue weighted by Crippen LogP contribution is -2.15. The maximum Gasteiger partial charge on any atom is 0.0309 e. The molecule has 74 valence electrons. The molecule has 0 aliphatic carbocycles. The highest BCUT2D eigenvalue weighted by Crippen LogP contribution is 2.32. The van der Waals surface area contributed by atoms with Crippen molar-refractivity contribution < 1.29 is 0 Å². The molecular weight excluding hydrogens is 158 g/mol. The number of rotatable bonds is 4. The van der Waals surface area contributed by atoms with Crippen molar-refractivity contribution >= 4 is 5.71 Å². The number of nitrogens with one attached hydrogen (secondary N) is 1. The Labute approximate surface area is 82.1 Å². The van der Waals surface area contributed by atoms with Gasteiger partial charge in [0.05, 0.1) is 0 Å². The van der Waals surface area contributed by atoms with Crippen molar-refractivity contribution in [3.8, 4) is 0 Å². The molecule has 0 unspecified atom stereocenters. The summed E-state index contributed by atoms with van der Waals surface area (Å²) in [7, 11) is 0. The third kappa shape index (κ3) is 3.58. The Morgan fingerprint density at radius 3 is 2.15 bits per heavy atom. The van der Waals surface area contributed by atoms with Crippen molar-refractivity contribution in [2.45, 2.75) is 41.0 Å². The monoisotopic (exact) mass is 179 g/mol. The summed E-state index contributed by atoms with van der Waals surface area (Å²) in [6.07, 6.45) is 3.01. The summed E-state index contributed by atoms with van der Waals surface area (Å²) in [6, 6.07) is 0. The lowest BCUT2D eigenvalue weighted by molar-refractivity contribution is 0.447. The molecule has 0 saturated carbocycles. The summed E-state index contributed by atoms with van der Waals surface area (Å²) in [4.78, 5) is 0. The number of hydrogen-bond donors (Lipinski definition) is 1. The summed E-state index contributed by atoms with van der Waals surface area (Å²) in [5.74, 6) is 0. The van der Waals surface area contributed by atoms with E-state index in [-0.39, 0.29) is 5.41 Å². The van der Waals surface area contributed by atoms with Crippen molar-refractivity contribution in [1.82, 2.24) is 0 Å². The van der Waals surface area contributed by atoms with Gasteiger partial charge in [0.25, 0.3) is 0 Å². The van der Waals surface area contributed by atoms with Gasteiger partial charge in [0.1, 0.15) is 0 Å². The van der Waals surface area contributed by atoms with E-state index in [0.29, 0.717) is 5.71 Å². The smallest absolute Gasteiger partial charge is 0.0309 e. The van der Waals surface area contributed by atoms with Gasteiger partial charge in [0.15, 0.2) is 0 Å². The molecule has 13 heavy (non-hydrogen) atoms. The normalized spacial score (nSPS) is 12.8. The van der Waals surface area contributed by atoms with Crippen LogP contribution in [0.15, 0.2) is 23.8 Å². The summed E-state index contributed by atoms with van der Waals surface area (Å²) in [5.41, 5.74) is 3.02. The average Bonchev–Trinajstić information content (AvgIpc) is 2.01. The van der Waals surface area contributed by atoms with Crippen LogP contribution in [0.1, 0.15) is 41.0 Å². The average molecular weight is 179 g/mol. The van der Waals surface area contributed by atoms with E-state index in [4.69, 9.17) is 5.41 Å². The van der Waals surface area contributed by atoms with Crippen molar-refractivity contribution in [3.05, 3.63) is 23.8 Å². The van der Waals surface area contributed by atoms with Gasteiger partial charge >= 0.3 is 0 Å². The summed E-state index contributed by atoms with van der Waals surface area (Å²) in [6.45, 7) is 14.3. The van der Waals surface area contributed by atoms with Crippen molar-refractivity contribution in [2.24, 2.45) is 5.41 Å². The molecule has 0 saturated heterocycles. The predicted molar refractivity (Wildman–Crippen MR) is 60.4 cm³/mol. The maximum absolute atomic E-state index is 7.46. The van der Waals surface area contributed by atoms with Crippen LogP contribution in [0.4, 0.5) is 0 Å². The third-order valence-electron chi connectivity index (χ3n) is 2.69. The van der Waals surface area contributed by atoms with E-state index in [1.807, 2.05) is 0 Å². The predicted octanol–water partition coefficient (Wildman–Crippen LogP) is 3.96. The summed E-state index contributed by atoms with van der Waals surface area (Å²) in [5, 5.41) is 7.46. The van der Waals surface area contributed by atoms with Gasteiger partial charge in [-0.25, -0.2) is 0 Å². The molecule has 0 aromatic heterocycles. The van der Waals surface area contributed by atoms with E-state index in [2.05, 4.69) is 40.3 Å². The summed E-state index contributed by atoms with van der Waals surface area (Å²) < 4.78 is 0. The first-order valence-corrected chi connectivity index (χ1v) is 4.68. The summed E-state index contributed by atoms with van der Waals surface area (Å²) >= 11 is 0. The highest BCUT2D eigenvalue weighted by Gasteiger charge is 2.20. The molecule has 0 heterocycles. The molecule has 0 amide bonds. The van der Waals surface area contributed by atoms with Gasteiger partial charge in [-0.05, 0) is 38.2 Å².